The van der Waals surface area contributed by atoms with Crippen LogP contribution in [0.2, 0.25) is 10.4 Å². The predicted molar refractivity (Wildman–Crippen MR) is 56.8 cm³/mol. The smallest absolute Gasteiger partial charge is 0.224 e. The fraction of sp³-hybridized carbons (Fsp3) is 0.222. The van der Waals surface area contributed by atoms with Crippen molar-refractivity contribution >= 4 is 34.1 Å². The van der Waals surface area contributed by atoms with E-state index >= 15 is 0 Å². The number of aromatic nitrogens is 3. The number of rotatable bonds is 0. The van der Waals surface area contributed by atoms with Gasteiger partial charge in [0.25, 0.3) is 0 Å². The van der Waals surface area contributed by atoms with Crippen molar-refractivity contribution in [2.45, 2.75) is 13.8 Å². The summed E-state index contributed by atoms with van der Waals surface area (Å²) in [5.41, 5.74) is 2.67. The molecular weight excluding hydrogens is 221 g/mol. The third-order valence-electron chi connectivity index (χ3n) is 2.16. The van der Waals surface area contributed by atoms with Gasteiger partial charge in [0.2, 0.25) is 5.28 Å². The Bertz CT molecular complexity index is 511. The summed E-state index contributed by atoms with van der Waals surface area (Å²) in [6.07, 6.45) is 1.66. The van der Waals surface area contributed by atoms with Crippen LogP contribution in [0.25, 0.3) is 10.9 Å². The van der Waals surface area contributed by atoms with E-state index < -0.39 is 0 Å². The molecule has 0 radical (unpaired) electrons. The van der Waals surface area contributed by atoms with Gasteiger partial charge in [-0.05, 0) is 31.0 Å². The van der Waals surface area contributed by atoms with Gasteiger partial charge in [0.1, 0.15) is 5.15 Å². The summed E-state index contributed by atoms with van der Waals surface area (Å²) in [5.74, 6) is 0. The van der Waals surface area contributed by atoms with Crippen LogP contribution in [0.1, 0.15) is 11.3 Å². The van der Waals surface area contributed by atoms with Crippen molar-refractivity contribution in [3.63, 3.8) is 0 Å². The van der Waals surface area contributed by atoms with Crippen molar-refractivity contribution in [3.8, 4) is 0 Å². The molecule has 0 aromatic carbocycles. The first-order valence-electron chi connectivity index (χ1n) is 4.04. The van der Waals surface area contributed by atoms with Crippen LogP contribution < -0.4 is 0 Å². The van der Waals surface area contributed by atoms with Crippen LogP contribution in [0.3, 0.4) is 0 Å². The molecule has 72 valence electrons. The summed E-state index contributed by atoms with van der Waals surface area (Å²) < 4.78 is 0. The Morgan fingerprint density at radius 1 is 1.14 bits per heavy atom. The van der Waals surface area contributed by atoms with Crippen LogP contribution >= 0.6 is 23.2 Å². The van der Waals surface area contributed by atoms with Crippen molar-refractivity contribution in [1.29, 1.82) is 0 Å². The fourth-order valence-electron chi connectivity index (χ4n) is 1.25. The molecule has 14 heavy (non-hydrogen) atoms. The average molecular weight is 228 g/mol. The van der Waals surface area contributed by atoms with E-state index in [1.165, 1.54) is 0 Å². The lowest BCUT2D eigenvalue weighted by Crippen LogP contribution is -1.94. The van der Waals surface area contributed by atoms with Gasteiger partial charge in [-0.3, -0.25) is 4.98 Å². The zero-order chi connectivity index (χ0) is 10.3. The van der Waals surface area contributed by atoms with Gasteiger partial charge in [-0.1, -0.05) is 11.6 Å². The van der Waals surface area contributed by atoms with Crippen LogP contribution in [-0.2, 0) is 0 Å². The zero-order valence-electron chi connectivity index (χ0n) is 7.67. The van der Waals surface area contributed by atoms with E-state index in [4.69, 9.17) is 23.2 Å². The molecule has 2 aromatic heterocycles. The maximum absolute atomic E-state index is 5.91. The highest BCUT2D eigenvalue weighted by Crippen LogP contribution is 2.24. The number of nitrogens with zero attached hydrogens (tertiary/aromatic N) is 3. The minimum Gasteiger partial charge on any atom is -0.260 e. The molecule has 0 atom stereocenters. The molecule has 5 heteroatoms. The molecule has 0 saturated heterocycles. The third-order valence-corrected chi connectivity index (χ3v) is 2.61. The first-order valence-corrected chi connectivity index (χ1v) is 4.80. The van der Waals surface area contributed by atoms with Gasteiger partial charge in [-0.25, -0.2) is 9.97 Å². The number of hydrogen-bond donors (Lipinski definition) is 0. The van der Waals surface area contributed by atoms with E-state index in [-0.39, 0.29) is 5.28 Å². The van der Waals surface area contributed by atoms with Crippen molar-refractivity contribution in [3.05, 3.63) is 27.9 Å². The maximum atomic E-state index is 5.91. The Balaban J connectivity index is 2.95. The number of halogens is 2. The van der Waals surface area contributed by atoms with E-state index in [2.05, 4.69) is 15.0 Å². The normalized spacial score (nSPS) is 10.9. The van der Waals surface area contributed by atoms with Crippen molar-refractivity contribution in [2.75, 3.05) is 0 Å². The Morgan fingerprint density at radius 2 is 1.86 bits per heavy atom. The molecule has 0 N–H and O–H groups in total. The lowest BCUT2D eigenvalue weighted by Gasteiger charge is -2.04. The van der Waals surface area contributed by atoms with Gasteiger partial charge in [0, 0.05) is 11.9 Å². The Hall–Kier alpha value is -0.930. The monoisotopic (exact) mass is 227 g/mol. The molecule has 0 spiro atoms. The Labute approximate surface area is 91.1 Å². The molecule has 0 fully saturated rings. The largest absolute Gasteiger partial charge is 0.260 e. The summed E-state index contributed by atoms with van der Waals surface area (Å²) in [6, 6.07) is 0. The summed E-state index contributed by atoms with van der Waals surface area (Å²) in [7, 11) is 0. The molecular formula is C9H7Cl2N3. The van der Waals surface area contributed by atoms with Gasteiger partial charge in [0.15, 0.2) is 0 Å². The molecule has 2 heterocycles. The first kappa shape index (κ1) is 9.62. The summed E-state index contributed by atoms with van der Waals surface area (Å²) in [6.45, 7) is 3.85. The molecule has 0 bridgehead atoms. The molecule has 0 aliphatic rings. The van der Waals surface area contributed by atoms with Crippen LogP contribution in [-0.4, -0.2) is 15.0 Å². The number of aryl methyl sites for hydroxylation is 2. The average Bonchev–Trinajstić information content (AvgIpc) is 2.12. The lowest BCUT2D eigenvalue weighted by atomic mass is 10.2. The van der Waals surface area contributed by atoms with Crippen molar-refractivity contribution in [2.24, 2.45) is 0 Å². The maximum Gasteiger partial charge on any atom is 0.224 e. The Morgan fingerprint density at radius 3 is 2.57 bits per heavy atom. The first-order chi connectivity index (χ1) is 6.59. The van der Waals surface area contributed by atoms with Crippen molar-refractivity contribution < 1.29 is 0 Å². The van der Waals surface area contributed by atoms with E-state index in [1.807, 2.05) is 13.8 Å². The molecule has 2 rings (SSSR count). The van der Waals surface area contributed by atoms with Gasteiger partial charge in [-0.2, -0.15) is 0 Å². The molecule has 0 saturated carbocycles. The number of fused-ring (bicyclic) bond motifs is 1. The van der Waals surface area contributed by atoms with Gasteiger partial charge < -0.3 is 0 Å². The number of pyridine rings is 1. The third kappa shape index (κ3) is 1.42. The summed E-state index contributed by atoms with van der Waals surface area (Å²) in [4.78, 5) is 12.2. The topological polar surface area (TPSA) is 38.7 Å². The molecule has 0 unspecified atom stereocenters. The second kappa shape index (κ2) is 3.33. The molecule has 0 amide bonds. The van der Waals surface area contributed by atoms with Gasteiger partial charge in [0.05, 0.1) is 10.9 Å². The summed E-state index contributed by atoms with van der Waals surface area (Å²) in [5, 5.41) is 1.24. The molecule has 2 aromatic rings. The SMILES string of the molecule is Cc1ncc2c(Cl)nc(Cl)nc2c1C. The Kier molecular flexibility index (Phi) is 2.29. The lowest BCUT2D eigenvalue weighted by molar-refractivity contribution is 1.14. The zero-order valence-corrected chi connectivity index (χ0v) is 9.19. The number of hydrogen-bond acceptors (Lipinski definition) is 3. The predicted octanol–water partition coefficient (Wildman–Crippen LogP) is 2.95. The van der Waals surface area contributed by atoms with E-state index in [9.17, 15) is 0 Å². The fourth-order valence-corrected chi connectivity index (χ4v) is 1.68. The van der Waals surface area contributed by atoms with E-state index in [0.29, 0.717) is 5.15 Å². The molecule has 0 aliphatic heterocycles. The van der Waals surface area contributed by atoms with Crippen LogP contribution in [0.15, 0.2) is 6.20 Å². The molecule has 3 nitrogen and oxygen atoms in total. The van der Waals surface area contributed by atoms with Crippen LogP contribution in [0, 0.1) is 13.8 Å². The quantitative estimate of drug-likeness (QED) is 0.514. The highest BCUT2D eigenvalue weighted by Gasteiger charge is 2.08. The van der Waals surface area contributed by atoms with Gasteiger partial charge in [-0.15, -0.1) is 0 Å². The highest BCUT2D eigenvalue weighted by molar-refractivity contribution is 6.35. The van der Waals surface area contributed by atoms with Crippen molar-refractivity contribution in [1.82, 2.24) is 15.0 Å². The summed E-state index contributed by atoms with van der Waals surface area (Å²) >= 11 is 11.6. The van der Waals surface area contributed by atoms with E-state index in [0.717, 1.165) is 22.2 Å². The van der Waals surface area contributed by atoms with Crippen LogP contribution in [0.5, 0.6) is 0 Å². The van der Waals surface area contributed by atoms with E-state index in [1.54, 1.807) is 6.20 Å². The highest BCUT2D eigenvalue weighted by atomic mass is 35.5. The van der Waals surface area contributed by atoms with Crippen LogP contribution in [0.4, 0.5) is 0 Å². The van der Waals surface area contributed by atoms with Gasteiger partial charge >= 0.3 is 0 Å². The minimum absolute atomic E-state index is 0.163. The minimum atomic E-state index is 0.163. The second-order valence-electron chi connectivity index (χ2n) is 3.01. The second-order valence-corrected chi connectivity index (χ2v) is 3.71. The molecule has 0 aliphatic carbocycles. The standard InChI is InChI=1S/C9H7Cl2N3/c1-4-5(2)12-3-6-7(4)13-9(11)14-8(6)10/h3H,1-2H3.